The summed E-state index contributed by atoms with van der Waals surface area (Å²) in [6.45, 7) is 1.13. The molecular weight excluding hydrogens is 339 g/mol. The second-order valence-corrected chi connectivity index (χ2v) is 5.23. The number of ether oxygens (including phenoxy) is 2. The summed E-state index contributed by atoms with van der Waals surface area (Å²) in [6.07, 6.45) is -4.17. The Balaban J connectivity index is 2.09. The Morgan fingerprint density at radius 1 is 1.60 bits per heavy atom. The van der Waals surface area contributed by atoms with Crippen LogP contribution >= 0.6 is 0 Å². The lowest BCUT2D eigenvalue weighted by atomic mass is 10.1. The van der Waals surface area contributed by atoms with Crippen LogP contribution in [-0.4, -0.2) is 60.9 Å². The number of nitrogen functional groups attached to an aromatic ring is 1. The van der Waals surface area contributed by atoms with Gasteiger partial charge in [0.05, 0.1) is 19.5 Å². The molecule has 0 amide bonds. The molecule has 1 aliphatic rings. The first kappa shape index (κ1) is 17.1. The number of hydrogen-bond acceptors (Lipinski definition) is 9. The molecule has 1 aliphatic heterocycles. The van der Waals surface area contributed by atoms with Gasteiger partial charge in [-0.25, -0.2) is 9.37 Å². The van der Waals surface area contributed by atoms with Gasteiger partial charge in [-0.05, 0) is 12.5 Å². The van der Waals surface area contributed by atoms with E-state index in [2.05, 4.69) is 25.0 Å². The number of nitrogens with zero attached hydrogens (tertiary/aromatic N) is 7. The van der Waals surface area contributed by atoms with Crippen LogP contribution in [0.2, 0.25) is 0 Å². The van der Waals surface area contributed by atoms with Crippen molar-refractivity contribution >= 4 is 17.1 Å². The molecule has 4 atom stereocenters. The lowest BCUT2D eigenvalue weighted by molar-refractivity contribution is -0.122. The molecule has 2 aromatic rings. The molecule has 4 N–H and O–H groups in total. The van der Waals surface area contributed by atoms with Crippen molar-refractivity contribution in [3.63, 3.8) is 0 Å². The molecule has 12 nitrogen and oxygen atoms in total. The third-order valence-corrected chi connectivity index (χ3v) is 3.76. The second kappa shape index (κ2) is 6.29. The van der Waals surface area contributed by atoms with Gasteiger partial charge in [0.15, 0.2) is 23.6 Å². The van der Waals surface area contributed by atoms with Crippen molar-refractivity contribution in [1.29, 1.82) is 0 Å². The summed E-state index contributed by atoms with van der Waals surface area (Å²) < 4.78 is 26.4. The standard InChI is InChI=1S/C12H15FN8O4/c1-2-24-9-6-8(17-11(14)18-9)21(4-16-6)10-5(13)7(23)12(3-22,25-10)19-20-15/h4-5,7,10,22-23H,2-3H2,1H3,(H2,14,17,18)/t5-,7+,10-,12-/m1/s1. The van der Waals surface area contributed by atoms with E-state index < -0.39 is 30.8 Å². The number of halogens is 1. The van der Waals surface area contributed by atoms with Crippen LogP contribution in [0.15, 0.2) is 11.4 Å². The fourth-order valence-electron chi connectivity index (χ4n) is 2.61. The Hall–Kier alpha value is -2.73. The van der Waals surface area contributed by atoms with Gasteiger partial charge in [-0.1, -0.05) is 5.11 Å². The zero-order valence-corrected chi connectivity index (χ0v) is 13.0. The second-order valence-electron chi connectivity index (χ2n) is 5.23. The zero-order valence-electron chi connectivity index (χ0n) is 13.0. The van der Waals surface area contributed by atoms with Crippen molar-refractivity contribution in [2.45, 2.75) is 31.2 Å². The molecule has 3 rings (SSSR count). The Labute approximate surface area is 139 Å². The van der Waals surface area contributed by atoms with Crippen LogP contribution in [0.4, 0.5) is 10.3 Å². The maximum absolute atomic E-state index is 14.6. The van der Waals surface area contributed by atoms with Crippen LogP contribution in [0.25, 0.3) is 21.6 Å². The fraction of sp³-hybridized carbons (Fsp3) is 0.583. The van der Waals surface area contributed by atoms with Crippen molar-refractivity contribution in [2.24, 2.45) is 5.11 Å². The number of nitrogens with two attached hydrogens (primary N) is 1. The van der Waals surface area contributed by atoms with Crippen LogP contribution in [0.5, 0.6) is 5.88 Å². The smallest absolute Gasteiger partial charge is 0.247 e. The van der Waals surface area contributed by atoms with E-state index in [1.54, 1.807) is 6.92 Å². The molecule has 0 spiro atoms. The minimum absolute atomic E-state index is 0.102. The predicted octanol–water partition coefficient (Wildman–Crippen LogP) is 0.0339. The van der Waals surface area contributed by atoms with Crippen molar-refractivity contribution < 1.29 is 24.1 Å². The molecule has 0 bridgehead atoms. The SMILES string of the molecule is CCOc1nc(N)nc2c1ncn2[C@@H]1O[C@@](CO)(N=[N+]=[N-])[C@@H](O)[C@H]1F. The highest BCUT2D eigenvalue weighted by Crippen LogP contribution is 2.41. The van der Waals surface area contributed by atoms with Crippen molar-refractivity contribution in [3.8, 4) is 5.88 Å². The molecule has 3 heterocycles. The third-order valence-electron chi connectivity index (χ3n) is 3.76. The normalized spacial score (nSPS) is 28.9. The number of alkyl halides is 1. The van der Waals surface area contributed by atoms with Gasteiger partial charge in [-0.3, -0.25) is 4.57 Å². The topological polar surface area (TPSA) is 177 Å². The average Bonchev–Trinajstić information content (AvgIpc) is 3.10. The van der Waals surface area contributed by atoms with Gasteiger partial charge < -0.3 is 25.4 Å². The zero-order chi connectivity index (χ0) is 18.2. The van der Waals surface area contributed by atoms with E-state index in [1.807, 2.05) is 0 Å². The van der Waals surface area contributed by atoms with Crippen molar-refractivity contribution in [1.82, 2.24) is 19.5 Å². The number of aromatic nitrogens is 4. The number of hydrogen-bond donors (Lipinski definition) is 3. The summed E-state index contributed by atoms with van der Waals surface area (Å²) in [6, 6.07) is 0. The molecule has 134 valence electrons. The number of rotatable bonds is 5. The molecular formula is C12H15FN8O4. The number of anilines is 1. The molecule has 1 fully saturated rings. The highest BCUT2D eigenvalue weighted by atomic mass is 19.1. The lowest BCUT2D eigenvalue weighted by Crippen LogP contribution is -2.43. The number of aliphatic hydroxyl groups excluding tert-OH is 2. The Morgan fingerprint density at radius 3 is 3.00 bits per heavy atom. The van der Waals surface area contributed by atoms with Gasteiger partial charge in [-0.15, -0.1) is 0 Å². The lowest BCUT2D eigenvalue weighted by Gasteiger charge is -2.23. The predicted molar refractivity (Wildman–Crippen MR) is 80.9 cm³/mol. The molecule has 0 aromatic carbocycles. The van der Waals surface area contributed by atoms with Crippen LogP contribution in [0, 0.1) is 0 Å². The fourth-order valence-corrected chi connectivity index (χ4v) is 2.61. The van der Waals surface area contributed by atoms with Gasteiger partial charge in [0, 0.05) is 4.91 Å². The van der Waals surface area contributed by atoms with Gasteiger partial charge >= 0.3 is 0 Å². The van der Waals surface area contributed by atoms with E-state index in [0.717, 1.165) is 4.57 Å². The Morgan fingerprint density at radius 2 is 2.36 bits per heavy atom. The minimum atomic E-state index is -2.16. The molecule has 25 heavy (non-hydrogen) atoms. The molecule has 2 aromatic heterocycles. The van der Waals surface area contributed by atoms with E-state index in [-0.39, 0.29) is 23.0 Å². The highest BCUT2D eigenvalue weighted by molar-refractivity contribution is 5.77. The monoisotopic (exact) mass is 354 g/mol. The van der Waals surface area contributed by atoms with Crippen LogP contribution < -0.4 is 10.5 Å². The van der Waals surface area contributed by atoms with E-state index in [1.165, 1.54) is 6.33 Å². The Kier molecular flexibility index (Phi) is 4.30. The molecule has 0 aliphatic carbocycles. The van der Waals surface area contributed by atoms with Gasteiger partial charge in [-0.2, -0.15) is 9.97 Å². The van der Waals surface area contributed by atoms with Crippen LogP contribution in [0.1, 0.15) is 13.2 Å². The van der Waals surface area contributed by atoms with Crippen LogP contribution in [-0.2, 0) is 4.74 Å². The number of imidazole rings is 1. The highest BCUT2D eigenvalue weighted by Gasteiger charge is 2.56. The third kappa shape index (κ3) is 2.59. The molecule has 0 saturated carbocycles. The number of fused-ring (bicyclic) bond motifs is 1. The van der Waals surface area contributed by atoms with E-state index in [4.69, 9.17) is 20.7 Å². The van der Waals surface area contributed by atoms with Gasteiger partial charge in [0.25, 0.3) is 0 Å². The van der Waals surface area contributed by atoms with Gasteiger partial charge in [0.1, 0.15) is 6.10 Å². The first-order valence-electron chi connectivity index (χ1n) is 7.27. The van der Waals surface area contributed by atoms with E-state index >= 15 is 0 Å². The number of azide groups is 1. The number of aliphatic hydroxyl groups is 2. The first-order valence-corrected chi connectivity index (χ1v) is 7.27. The first-order chi connectivity index (χ1) is 12.0. The summed E-state index contributed by atoms with van der Waals surface area (Å²) in [5.74, 6) is -0.0173. The summed E-state index contributed by atoms with van der Waals surface area (Å²) in [4.78, 5) is 14.5. The molecule has 1 saturated heterocycles. The summed E-state index contributed by atoms with van der Waals surface area (Å²) in [7, 11) is 0. The molecule has 13 heteroatoms. The largest absolute Gasteiger partial charge is 0.476 e. The van der Waals surface area contributed by atoms with Crippen molar-refractivity contribution in [3.05, 3.63) is 16.8 Å². The summed E-state index contributed by atoms with van der Waals surface area (Å²) >= 11 is 0. The van der Waals surface area contributed by atoms with Crippen LogP contribution in [0.3, 0.4) is 0 Å². The Bertz CT molecular complexity index is 840. The molecule has 0 radical (unpaired) electrons. The summed E-state index contributed by atoms with van der Waals surface area (Å²) in [5, 5.41) is 22.7. The van der Waals surface area contributed by atoms with Gasteiger partial charge in [0.2, 0.25) is 17.6 Å². The summed E-state index contributed by atoms with van der Waals surface area (Å²) in [5.41, 5.74) is 12.4. The maximum atomic E-state index is 14.6. The van der Waals surface area contributed by atoms with Crippen molar-refractivity contribution in [2.75, 3.05) is 18.9 Å². The quantitative estimate of drug-likeness (QED) is 0.382. The average molecular weight is 354 g/mol. The minimum Gasteiger partial charge on any atom is -0.476 e. The maximum Gasteiger partial charge on any atom is 0.247 e. The van der Waals surface area contributed by atoms with E-state index in [0.29, 0.717) is 6.61 Å². The van der Waals surface area contributed by atoms with E-state index in [9.17, 15) is 14.6 Å². The molecule has 0 unspecified atom stereocenters.